The van der Waals surface area contributed by atoms with Crippen molar-refractivity contribution in [2.24, 2.45) is 11.8 Å². The second-order valence-corrected chi connectivity index (χ2v) is 5.01. The van der Waals surface area contributed by atoms with Crippen LogP contribution in [-0.4, -0.2) is 25.5 Å². The van der Waals surface area contributed by atoms with E-state index in [-0.39, 0.29) is 5.91 Å². The lowest BCUT2D eigenvalue weighted by Crippen LogP contribution is -2.35. The number of nitrogens with one attached hydrogen (secondary N) is 2. The highest BCUT2D eigenvalue weighted by molar-refractivity contribution is 5.77. The summed E-state index contributed by atoms with van der Waals surface area (Å²) in [6, 6.07) is 0. The summed E-state index contributed by atoms with van der Waals surface area (Å²) in [5.41, 5.74) is 0. The lowest BCUT2D eigenvalue weighted by molar-refractivity contribution is -0.120. The maximum absolute atomic E-state index is 11.3. The van der Waals surface area contributed by atoms with Gasteiger partial charge in [-0.1, -0.05) is 12.8 Å². The van der Waals surface area contributed by atoms with E-state index >= 15 is 0 Å². The third-order valence-corrected chi connectivity index (χ3v) is 3.22. The summed E-state index contributed by atoms with van der Waals surface area (Å²) < 4.78 is 0. The number of hydrogen-bond acceptors (Lipinski definition) is 2. The van der Waals surface area contributed by atoms with E-state index in [1.165, 1.54) is 32.1 Å². The van der Waals surface area contributed by atoms with Gasteiger partial charge in [0.25, 0.3) is 0 Å². The molecular formula is C12H22N2O. The zero-order chi connectivity index (χ0) is 10.5. The molecule has 0 unspecified atom stereocenters. The van der Waals surface area contributed by atoms with Crippen LogP contribution in [0.15, 0.2) is 0 Å². The summed E-state index contributed by atoms with van der Waals surface area (Å²) in [4.78, 5) is 11.3. The summed E-state index contributed by atoms with van der Waals surface area (Å²) in [7, 11) is 0. The van der Waals surface area contributed by atoms with Gasteiger partial charge in [0.05, 0.1) is 6.54 Å². The van der Waals surface area contributed by atoms with E-state index in [1.807, 2.05) is 0 Å². The molecule has 0 radical (unpaired) electrons. The van der Waals surface area contributed by atoms with Crippen LogP contribution in [0.5, 0.6) is 0 Å². The van der Waals surface area contributed by atoms with Crippen LogP contribution in [0.3, 0.4) is 0 Å². The molecule has 0 bridgehead atoms. The molecule has 3 nitrogen and oxygen atoms in total. The molecule has 2 rings (SSSR count). The molecule has 15 heavy (non-hydrogen) atoms. The van der Waals surface area contributed by atoms with Crippen molar-refractivity contribution in [1.82, 2.24) is 10.6 Å². The van der Waals surface area contributed by atoms with E-state index in [0.717, 1.165) is 31.3 Å². The van der Waals surface area contributed by atoms with Crippen molar-refractivity contribution in [3.8, 4) is 0 Å². The first kappa shape index (κ1) is 10.9. The molecule has 1 amide bonds. The summed E-state index contributed by atoms with van der Waals surface area (Å²) in [5, 5.41) is 6.16. The van der Waals surface area contributed by atoms with Crippen molar-refractivity contribution in [3.63, 3.8) is 0 Å². The third-order valence-electron chi connectivity index (χ3n) is 3.22. The molecule has 2 aliphatic rings. The number of rotatable bonds is 8. The maximum atomic E-state index is 11.3. The minimum absolute atomic E-state index is 0.159. The van der Waals surface area contributed by atoms with Crippen LogP contribution in [0.25, 0.3) is 0 Å². The molecule has 2 N–H and O–H groups in total. The second-order valence-electron chi connectivity index (χ2n) is 5.01. The zero-order valence-corrected chi connectivity index (χ0v) is 9.43. The Morgan fingerprint density at radius 2 is 1.87 bits per heavy atom. The summed E-state index contributed by atoms with van der Waals surface area (Å²) in [6.07, 6.45) is 7.97. The first-order valence-corrected chi connectivity index (χ1v) is 6.32. The maximum Gasteiger partial charge on any atom is 0.233 e. The van der Waals surface area contributed by atoms with E-state index in [2.05, 4.69) is 10.6 Å². The van der Waals surface area contributed by atoms with E-state index < -0.39 is 0 Å². The van der Waals surface area contributed by atoms with Crippen LogP contribution in [-0.2, 0) is 4.79 Å². The zero-order valence-electron chi connectivity index (χ0n) is 9.43. The predicted molar refractivity (Wildman–Crippen MR) is 60.6 cm³/mol. The predicted octanol–water partition coefficient (Wildman–Crippen LogP) is 1.29. The van der Waals surface area contributed by atoms with Crippen molar-refractivity contribution in [2.75, 3.05) is 19.6 Å². The van der Waals surface area contributed by atoms with Gasteiger partial charge >= 0.3 is 0 Å². The van der Waals surface area contributed by atoms with Crippen molar-refractivity contribution >= 4 is 5.91 Å². The van der Waals surface area contributed by atoms with Crippen molar-refractivity contribution in [1.29, 1.82) is 0 Å². The van der Waals surface area contributed by atoms with E-state index in [4.69, 9.17) is 0 Å². The highest BCUT2D eigenvalue weighted by Gasteiger charge is 2.21. The Kier molecular flexibility index (Phi) is 4.01. The fourth-order valence-corrected chi connectivity index (χ4v) is 1.80. The van der Waals surface area contributed by atoms with Gasteiger partial charge in [0.1, 0.15) is 0 Å². The van der Waals surface area contributed by atoms with Gasteiger partial charge in [-0.05, 0) is 44.1 Å². The first-order valence-electron chi connectivity index (χ1n) is 6.32. The van der Waals surface area contributed by atoms with Crippen LogP contribution in [0.1, 0.15) is 38.5 Å². The highest BCUT2D eigenvalue weighted by atomic mass is 16.1. The average Bonchev–Trinajstić information content (AvgIpc) is 3.06. The Morgan fingerprint density at radius 3 is 2.53 bits per heavy atom. The van der Waals surface area contributed by atoms with Crippen LogP contribution in [0, 0.1) is 11.8 Å². The number of carbonyl (C=O) groups excluding carboxylic acids is 1. The normalized spacial score (nSPS) is 20.3. The average molecular weight is 210 g/mol. The molecule has 2 fully saturated rings. The topological polar surface area (TPSA) is 41.1 Å². The molecule has 0 saturated heterocycles. The molecule has 0 aromatic heterocycles. The quantitative estimate of drug-likeness (QED) is 0.593. The molecule has 0 spiro atoms. The summed E-state index contributed by atoms with van der Waals surface area (Å²) >= 11 is 0. The van der Waals surface area contributed by atoms with E-state index in [1.54, 1.807) is 0 Å². The Labute approximate surface area is 92.0 Å². The lowest BCUT2D eigenvalue weighted by atomic mass is 10.2. The van der Waals surface area contributed by atoms with Gasteiger partial charge in [-0.3, -0.25) is 4.79 Å². The van der Waals surface area contributed by atoms with Gasteiger partial charge in [-0.15, -0.1) is 0 Å². The molecule has 0 atom stereocenters. The van der Waals surface area contributed by atoms with Gasteiger partial charge in [-0.25, -0.2) is 0 Å². The second kappa shape index (κ2) is 5.50. The molecule has 0 aromatic rings. The molecule has 0 aromatic carbocycles. The fraction of sp³-hybridized carbons (Fsp3) is 0.917. The Morgan fingerprint density at radius 1 is 1.13 bits per heavy atom. The van der Waals surface area contributed by atoms with Gasteiger partial charge in [0, 0.05) is 6.54 Å². The molecule has 86 valence electrons. The van der Waals surface area contributed by atoms with Gasteiger partial charge in [-0.2, -0.15) is 0 Å². The molecule has 2 saturated carbocycles. The summed E-state index contributed by atoms with van der Waals surface area (Å²) in [6.45, 7) is 2.38. The molecule has 0 aliphatic heterocycles. The number of carbonyl (C=O) groups is 1. The van der Waals surface area contributed by atoms with Crippen molar-refractivity contribution in [2.45, 2.75) is 38.5 Å². The lowest BCUT2D eigenvalue weighted by Gasteiger charge is -2.05. The van der Waals surface area contributed by atoms with Crippen LogP contribution < -0.4 is 10.6 Å². The molecule has 0 heterocycles. The number of amides is 1. The summed E-state index contributed by atoms with van der Waals surface area (Å²) in [5.74, 6) is 1.99. The van der Waals surface area contributed by atoms with Crippen molar-refractivity contribution in [3.05, 3.63) is 0 Å². The molecular weight excluding hydrogens is 188 g/mol. The van der Waals surface area contributed by atoms with Gasteiger partial charge in [0.15, 0.2) is 0 Å². The van der Waals surface area contributed by atoms with Gasteiger partial charge in [0.2, 0.25) is 5.91 Å². The minimum atomic E-state index is 0.159. The van der Waals surface area contributed by atoms with Gasteiger partial charge < -0.3 is 10.6 Å². The smallest absolute Gasteiger partial charge is 0.233 e. The Balaban J connectivity index is 1.37. The SMILES string of the molecule is O=C(CNCC1CC1)NCCCC1CC1. The molecule has 2 aliphatic carbocycles. The first-order chi connectivity index (χ1) is 7.34. The third kappa shape index (κ3) is 5.17. The van der Waals surface area contributed by atoms with E-state index in [9.17, 15) is 4.79 Å². The molecule has 3 heteroatoms. The minimum Gasteiger partial charge on any atom is -0.355 e. The number of hydrogen-bond donors (Lipinski definition) is 2. The Hall–Kier alpha value is -0.570. The van der Waals surface area contributed by atoms with Crippen LogP contribution >= 0.6 is 0 Å². The Bertz CT molecular complexity index is 210. The monoisotopic (exact) mass is 210 g/mol. The van der Waals surface area contributed by atoms with Crippen LogP contribution in [0.2, 0.25) is 0 Å². The van der Waals surface area contributed by atoms with Crippen LogP contribution in [0.4, 0.5) is 0 Å². The van der Waals surface area contributed by atoms with Crippen molar-refractivity contribution < 1.29 is 4.79 Å². The largest absolute Gasteiger partial charge is 0.355 e. The van der Waals surface area contributed by atoms with E-state index in [0.29, 0.717) is 6.54 Å². The fourth-order valence-electron chi connectivity index (χ4n) is 1.80. The highest BCUT2D eigenvalue weighted by Crippen LogP contribution is 2.33. The standard InChI is InChI=1S/C12H22N2O/c15-12(9-13-8-11-5-6-11)14-7-1-2-10-3-4-10/h10-11,13H,1-9H2,(H,14,15).